The summed E-state index contributed by atoms with van der Waals surface area (Å²) in [5, 5.41) is 12.8. The Labute approximate surface area is 137 Å². The first-order valence-corrected chi connectivity index (χ1v) is 8.45. The molecular weight excluding hydrogens is 292 g/mol. The van der Waals surface area contributed by atoms with Crippen LogP contribution in [0.5, 0.6) is 5.75 Å². The largest absolute Gasteiger partial charge is 0.491 e. The van der Waals surface area contributed by atoms with Crippen LogP contribution < -0.4 is 15.8 Å². The number of hydrogen-bond donors (Lipinski definition) is 3. The first-order valence-electron chi connectivity index (χ1n) is 8.45. The number of ether oxygens (including phenoxy) is 1. The van der Waals surface area contributed by atoms with Gasteiger partial charge in [-0.15, -0.1) is 0 Å². The average Bonchev–Trinajstić information content (AvgIpc) is 3.11. The van der Waals surface area contributed by atoms with Gasteiger partial charge in [-0.1, -0.05) is 12.1 Å². The lowest BCUT2D eigenvalue weighted by Gasteiger charge is -2.27. The van der Waals surface area contributed by atoms with Crippen LogP contribution in [0.25, 0.3) is 0 Å². The summed E-state index contributed by atoms with van der Waals surface area (Å²) in [5.74, 6) is 1.56. The zero-order valence-corrected chi connectivity index (χ0v) is 13.6. The van der Waals surface area contributed by atoms with Crippen molar-refractivity contribution in [1.82, 2.24) is 5.32 Å². The van der Waals surface area contributed by atoms with E-state index in [1.807, 2.05) is 31.2 Å². The summed E-state index contributed by atoms with van der Waals surface area (Å²) in [4.78, 5) is 12.3. The highest BCUT2D eigenvalue weighted by Gasteiger charge is 2.48. The molecule has 0 spiro atoms. The van der Waals surface area contributed by atoms with Crippen molar-refractivity contribution in [3.05, 3.63) is 29.8 Å². The van der Waals surface area contributed by atoms with Crippen LogP contribution in [-0.4, -0.2) is 36.3 Å². The maximum Gasteiger partial charge on any atom is 0.225 e. The topological polar surface area (TPSA) is 84.6 Å². The summed E-state index contributed by atoms with van der Waals surface area (Å²) in [6, 6.07) is 7.65. The van der Waals surface area contributed by atoms with Crippen LogP contribution in [0.2, 0.25) is 0 Å². The van der Waals surface area contributed by atoms with Crippen LogP contribution in [-0.2, 0) is 4.79 Å². The third-order valence-corrected chi connectivity index (χ3v) is 5.23. The van der Waals surface area contributed by atoms with Crippen molar-refractivity contribution in [2.75, 3.05) is 13.2 Å². The number of fused-ring (bicyclic) bond motifs is 2. The van der Waals surface area contributed by atoms with Crippen molar-refractivity contribution in [1.29, 1.82) is 0 Å². The smallest absolute Gasteiger partial charge is 0.225 e. The number of carbonyl (C=O) groups excluding carboxylic acids is 1. The predicted molar refractivity (Wildman–Crippen MR) is 88.0 cm³/mol. The molecule has 5 unspecified atom stereocenters. The van der Waals surface area contributed by atoms with Crippen molar-refractivity contribution in [3.8, 4) is 5.75 Å². The molecule has 0 heterocycles. The second kappa shape index (κ2) is 6.89. The molecule has 4 N–H and O–H groups in total. The minimum Gasteiger partial charge on any atom is -0.491 e. The Morgan fingerprint density at radius 3 is 2.91 bits per heavy atom. The fourth-order valence-corrected chi connectivity index (χ4v) is 4.02. The van der Waals surface area contributed by atoms with E-state index in [1.165, 1.54) is 0 Å². The van der Waals surface area contributed by atoms with E-state index in [0.29, 0.717) is 11.8 Å². The zero-order chi connectivity index (χ0) is 16.4. The number of benzene rings is 1. The molecule has 2 aliphatic rings. The molecule has 0 saturated heterocycles. The average molecular weight is 318 g/mol. The van der Waals surface area contributed by atoms with Crippen LogP contribution in [0, 0.1) is 24.7 Å². The van der Waals surface area contributed by atoms with Crippen molar-refractivity contribution in [2.24, 2.45) is 23.5 Å². The molecule has 0 radical (unpaired) electrons. The molecule has 5 nitrogen and oxygen atoms in total. The highest BCUT2D eigenvalue weighted by atomic mass is 16.5. The van der Waals surface area contributed by atoms with E-state index in [4.69, 9.17) is 10.5 Å². The fraction of sp³-hybridized carbons (Fsp3) is 0.611. The van der Waals surface area contributed by atoms with Gasteiger partial charge in [0, 0.05) is 12.6 Å². The Morgan fingerprint density at radius 2 is 2.22 bits per heavy atom. The Balaban J connectivity index is 1.42. The Kier molecular flexibility index (Phi) is 4.87. The molecule has 2 bridgehead atoms. The lowest BCUT2D eigenvalue weighted by Crippen LogP contribution is -2.47. The Hall–Kier alpha value is -1.59. The molecule has 126 valence electrons. The van der Waals surface area contributed by atoms with Gasteiger partial charge in [-0.2, -0.15) is 0 Å². The molecule has 2 aliphatic carbocycles. The molecule has 0 aromatic heterocycles. The molecule has 2 fully saturated rings. The van der Waals surface area contributed by atoms with Crippen molar-refractivity contribution in [3.63, 3.8) is 0 Å². The van der Waals surface area contributed by atoms with Crippen LogP contribution in [0.3, 0.4) is 0 Å². The van der Waals surface area contributed by atoms with Crippen molar-refractivity contribution < 1.29 is 14.6 Å². The van der Waals surface area contributed by atoms with Gasteiger partial charge >= 0.3 is 0 Å². The monoisotopic (exact) mass is 318 g/mol. The predicted octanol–water partition coefficient (Wildman–Crippen LogP) is 1.22. The highest BCUT2D eigenvalue weighted by molar-refractivity contribution is 5.80. The van der Waals surface area contributed by atoms with E-state index in [9.17, 15) is 9.90 Å². The van der Waals surface area contributed by atoms with Gasteiger partial charge in [0.1, 0.15) is 18.5 Å². The molecular formula is C18H26N2O3. The van der Waals surface area contributed by atoms with Gasteiger partial charge in [-0.25, -0.2) is 0 Å². The van der Waals surface area contributed by atoms with Crippen LogP contribution in [0.15, 0.2) is 24.3 Å². The third kappa shape index (κ3) is 3.67. The number of rotatable bonds is 6. The summed E-state index contributed by atoms with van der Waals surface area (Å²) in [5.41, 5.74) is 7.28. The number of aliphatic hydroxyl groups excluding tert-OH is 1. The molecule has 1 amide bonds. The number of nitrogens with one attached hydrogen (secondary N) is 1. The zero-order valence-electron chi connectivity index (χ0n) is 13.6. The maximum atomic E-state index is 12.3. The van der Waals surface area contributed by atoms with E-state index in [-0.39, 0.29) is 31.0 Å². The minimum atomic E-state index is -0.728. The first-order chi connectivity index (χ1) is 11.0. The van der Waals surface area contributed by atoms with Gasteiger partial charge in [0.05, 0.1) is 5.92 Å². The molecule has 5 heteroatoms. The number of carbonyl (C=O) groups is 1. The van der Waals surface area contributed by atoms with E-state index >= 15 is 0 Å². The van der Waals surface area contributed by atoms with E-state index < -0.39 is 6.10 Å². The Morgan fingerprint density at radius 1 is 1.43 bits per heavy atom. The second-order valence-electron chi connectivity index (χ2n) is 6.96. The summed E-state index contributed by atoms with van der Waals surface area (Å²) in [7, 11) is 0. The number of amides is 1. The quantitative estimate of drug-likeness (QED) is 0.736. The highest BCUT2D eigenvalue weighted by Crippen LogP contribution is 2.47. The number of aliphatic hydroxyl groups is 1. The van der Waals surface area contributed by atoms with Gasteiger partial charge in [0.15, 0.2) is 0 Å². The maximum absolute atomic E-state index is 12.3. The SMILES string of the molecule is Cc1cccc(OCC(O)CNC(=O)C2C3CCC(C3)C2N)c1. The van der Waals surface area contributed by atoms with Crippen molar-refractivity contribution >= 4 is 5.91 Å². The Bertz CT molecular complexity index is 561. The molecule has 2 saturated carbocycles. The summed E-state index contributed by atoms with van der Waals surface area (Å²) in [6.45, 7) is 2.35. The summed E-state index contributed by atoms with van der Waals surface area (Å²) >= 11 is 0. The number of nitrogens with two attached hydrogens (primary N) is 1. The standard InChI is InChI=1S/C18H26N2O3/c1-11-3-2-4-15(7-11)23-10-14(21)9-20-18(22)16-12-5-6-13(8-12)17(16)19/h2-4,7,12-14,16-17,21H,5-6,8-10,19H2,1H3,(H,20,22). The molecule has 23 heavy (non-hydrogen) atoms. The molecule has 3 rings (SSSR count). The van der Waals surface area contributed by atoms with Gasteiger partial charge < -0.3 is 20.9 Å². The van der Waals surface area contributed by atoms with Crippen molar-refractivity contribution in [2.45, 2.75) is 38.3 Å². The molecule has 5 atom stereocenters. The van der Waals surface area contributed by atoms with Gasteiger partial charge in [0.25, 0.3) is 0 Å². The summed E-state index contributed by atoms with van der Waals surface area (Å²) < 4.78 is 5.55. The lowest BCUT2D eigenvalue weighted by atomic mass is 9.84. The first kappa shape index (κ1) is 16.3. The van der Waals surface area contributed by atoms with Crippen LogP contribution in [0.4, 0.5) is 0 Å². The summed E-state index contributed by atoms with van der Waals surface area (Å²) in [6.07, 6.45) is 2.62. The van der Waals surface area contributed by atoms with Gasteiger partial charge in [0.2, 0.25) is 5.91 Å². The number of hydrogen-bond acceptors (Lipinski definition) is 4. The lowest BCUT2D eigenvalue weighted by molar-refractivity contribution is -0.127. The second-order valence-corrected chi connectivity index (χ2v) is 6.96. The van der Waals surface area contributed by atoms with Crippen LogP contribution in [0.1, 0.15) is 24.8 Å². The van der Waals surface area contributed by atoms with E-state index in [0.717, 1.165) is 30.6 Å². The molecule has 1 aromatic carbocycles. The molecule has 0 aliphatic heterocycles. The minimum absolute atomic E-state index is 0.0145. The fourth-order valence-electron chi connectivity index (χ4n) is 4.02. The van der Waals surface area contributed by atoms with Gasteiger partial charge in [-0.05, 0) is 55.7 Å². The molecule has 1 aromatic rings. The van der Waals surface area contributed by atoms with E-state index in [2.05, 4.69) is 5.32 Å². The van der Waals surface area contributed by atoms with E-state index in [1.54, 1.807) is 0 Å². The number of aryl methyl sites for hydroxylation is 1. The normalized spacial score (nSPS) is 30.2. The van der Waals surface area contributed by atoms with Crippen LogP contribution >= 0.6 is 0 Å². The van der Waals surface area contributed by atoms with Gasteiger partial charge in [-0.3, -0.25) is 4.79 Å². The third-order valence-electron chi connectivity index (χ3n) is 5.23.